The Bertz CT molecular complexity index is 888. The number of rotatable bonds is 7. The minimum absolute atomic E-state index is 0.0340. The molecule has 2 amide bonds. The van der Waals surface area contributed by atoms with Crippen molar-refractivity contribution in [3.05, 3.63) is 60.0 Å². The Hall–Kier alpha value is -2.40. The molecule has 1 aliphatic carbocycles. The van der Waals surface area contributed by atoms with Crippen LogP contribution < -0.4 is 5.32 Å². The molecule has 0 bridgehead atoms. The third-order valence-corrected chi connectivity index (χ3v) is 6.94. The smallest absolute Gasteiger partial charge is 0.228 e. The quantitative estimate of drug-likeness (QED) is 0.695. The van der Waals surface area contributed by atoms with Crippen molar-refractivity contribution in [1.82, 2.24) is 10.2 Å². The van der Waals surface area contributed by atoms with Gasteiger partial charge in [-0.2, -0.15) is 0 Å². The van der Waals surface area contributed by atoms with Crippen LogP contribution in [-0.4, -0.2) is 36.3 Å². The normalized spacial score (nSPS) is 21.6. The molecule has 2 aliphatic rings. The number of benzene rings is 1. The molecule has 152 valence electrons. The minimum Gasteiger partial charge on any atom is -0.352 e. The van der Waals surface area contributed by atoms with Crippen LogP contribution in [0.1, 0.15) is 31.2 Å². The molecule has 1 saturated carbocycles. The predicted molar refractivity (Wildman–Crippen MR) is 118 cm³/mol. The first-order valence-corrected chi connectivity index (χ1v) is 11.3. The van der Waals surface area contributed by atoms with Crippen LogP contribution >= 0.6 is 11.3 Å². The Balaban J connectivity index is 1.65. The number of thiophene rings is 1. The standard InChI is InChI=1S/C24H28N2O2S/c1-2-13-25-23(28)24(12-6-14-26(17-24)22(27)18-10-11-18)16-19-7-3-4-8-20(19)21-9-5-15-29-21/h2-5,7-9,15,18H,1,6,10-14,16-17H2,(H,25,28). The second kappa shape index (κ2) is 8.54. The predicted octanol–water partition coefficient (Wildman–Crippen LogP) is 4.28. The van der Waals surface area contributed by atoms with Crippen LogP contribution in [0.2, 0.25) is 0 Å². The Morgan fingerprint density at radius 1 is 1.24 bits per heavy atom. The number of piperidine rings is 1. The maximum atomic E-state index is 13.3. The van der Waals surface area contributed by atoms with E-state index < -0.39 is 5.41 Å². The molecule has 5 heteroatoms. The molecule has 4 rings (SSSR count). The average molecular weight is 409 g/mol. The highest BCUT2D eigenvalue weighted by Gasteiger charge is 2.45. The van der Waals surface area contributed by atoms with Crippen LogP contribution in [0.4, 0.5) is 0 Å². The molecular formula is C24H28N2O2S. The van der Waals surface area contributed by atoms with Crippen molar-refractivity contribution in [2.75, 3.05) is 19.6 Å². The number of hydrogen-bond donors (Lipinski definition) is 1. The first kappa shape index (κ1) is 19.9. The summed E-state index contributed by atoms with van der Waals surface area (Å²) in [7, 11) is 0. The van der Waals surface area contributed by atoms with Gasteiger partial charge in [0.25, 0.3) is 0 Å². The fourth-order valence-electron chi connectivity index (χ4n) is 4.38. The second-order valence-corrected chi connectivity index (χ2v) is 9.18. The van der Waals surface area contributed by atoms with E-state index in [1.165, 1.54) is 16.0 Å². The van der Waals surface area contributed by atoms with E-state index in [0.29, 0.717) is 19.5 Å². The van der Waals surface area contributed by atoms with Gasteiger partial charge in [0.2, 0.25) is 11.8 Å². The molecule has 2 fully saturated rings. The molecule has 1 atom stereocenters. The van der Waals surface area contributed by atoms with Crippen molar-refractivity contribution in [2.24, 2.45) is 11.3 Å². The fraction of sp³-hybridized carbons (Fsp3) is 0.417. The molecule has 1 aliphatic heterocycles. The summed E-state index contributed by atoms with van der Waals surface area (Å²) in [6.45, 7) is 5.44. The van der Waals surface area contributed by atoms with Crippen molar-refractivity contribution in [1.29, 1.82) is 0 Å². The highest BCUT2D eigenvalue weighted by atomic mass is 32.1. The molecule has 4 nitrogen and oxygen atoms in total. The third kappa shape index (κ3) is 4.30. The second-order valence-electron chi connectivity index (χ2n) is 8.23. The van der Waals surface area contributed by atoms with Crippen LogP contribution in [0.25, 0.3) is 10.4 Å². The number of carbonyl (C=O) groups excluding carboxylic acids is 2. The highest BCUT2D eigenvalue weighted by Crippen LogP contribution is 2.40. The summed E-state index contributed by atoms with van der Waals surface area (Å²) in [5.74, 6) is 0.448. The summed E-state index contributed by atoms with van der Waals surface area (Å²) in [5, 5.41) is 5.11. The topological polar surface area (TPSA) is 49.4 Å². The highest BCUT2D eigenvalue weighted by molar-refractivity contribution is 7.13. The van der Waals surface area contributed by atoms with Gasteiger partial charge < -0.3 is 10.2 Å². The van der Waals surface area contributed by atoms with E-state index in [2.05, 4.69) is 41.5 Å². The summed E-state index contributed by atoms with van der Waals surface area (Å²) in [6, 6.07) is 12.5. The van der Waals surface area contributed by atoms with E-state index in [0.717, 1.165) is 32.2 Å². The van der Waals surface area contributed by atoms with E-state index in [9.17, 15) is 9.59 Å². The average Bonchev–Trinajstić information content (AvgIpc) is 3.46. The van der Waals surface area contributed by atoms with Gasteiger partial charge in [0, 0.05) is 30.4 Å². The van der Waals surface area contributed by atoms with Gasteiger partial charge in [-0.3, -0.25) is 9.59 Å². The van der Waals surface area contributed by atoms with Gasteiger partial charge in [0.15, 0.2) is 0 Å². The Kier molecular flexibility index (Phi) is 5.86. The van der Waals surface area contributed by atoms with E-state index in [1.807, 2.05) is 17.0 Å². The van der Waals surface area contributed by atoms with Gasteiger partial charge in [-0.05, 0) is 54.7 Å². The fourth-order valence-corrected chi connectivity index (χ4v) is 5.17. The molecule has 0 spiro atoms. The zero-order valence-electron chi connectivity index (χ0n) is 16.7. The first-order valence-electron chi connectivity index (χ1n) is 10.4. The summed E-state index contributed by atoms with van der Waals surface area (Å²) < 4.78 is 0. The molecule has 29 heavy (non-hydrogen) atoms. The Labute approximate surface area is 176 Å². The summed E-state index contributed by atoms with van der Waals surface area (Å²) in [5.41, 5.74) is 1.76. The van der Waals surface area contributed by atoms with Gasteiger partial charge in [-0.15, -0.1) is 17.9 Å². The lowest BCUT2D eigenvalue weighted by atomic mass is 9.73. The maximum Gasteiger partial charge on any atom is 0.228 e. The van der Waals surface area contributed by atoms with Gasteiger partial charge >= 0.3 is 0 Å². The third-order valence-electron chi connectivity index (χ3n) is 6.04. The van der Waals surface area contributed by atoms with Crippen LogP contribution in [0.5, 0.6) is 0 Å². The summed E-state index contributed by atoms with van der Waals surface area (Å²) in [4.78, 5) is 29.3. The minimum atomic E-state index is -0.598. The molecule has 1 unspecified atom stereocenters. The number of hydrogen-bond acceptors (Lipinski definition) is 3. The number of nitrogens with one attached hydrogen (secondary N) is 1. The molecule has 2 heterocycles. The number of carbonyl (C=O) groups is 2. The van der Waals surface area contributed by atoms with Crippen LogP contribution in [-0.2, 0) is 16.0 Å². The Morgan fingerprint density at radius 3 is 2.79 bits per heavy atom. The Morgan fingerprint density at radius 2 is 2.07 bits per heavy atom. The van der Waals surface area contributed by atoms with E-state index >= 15 is 0 Å². The molecule has 1 aromatic carbocycles. The lowest BCUT2D eigenvalue weighted by Crippen LogP contribution is -2.54. The van der Waals surface area contributed by atoms with Gasteiger partial charge in [0.1, 0.15) is 0 Å². The summed E-state index contributed by atoms with van der Waals surface area (Å²) in [6.07, 6.45) is 5.99. The summed E-state index contributed by atoms with van der Waals surface area (Å²) >= 11 is 1.71. The zero-order valence-corrected chi connectivity index (χ0v) is 17.5. The zero-order chi connectivity index (χ0) is 20.3. The first-order chi connectivity index (χ1) is 14.1. The molecule has 2 aromatic rings. The van der Waals surface area contributed by atoms with Crippen molar-refractivity contribution >= 4 is 23.2 Å². The lowest BCUT2D eigenvalue weighted by Gasteiger charge is -2.42. The van der Waals surface area contributed by atoms with Crippen LogP contribution in [0, 0.1) is 11.3 Å². The number of likely N-dealkylation sites (tertiary alicyclic amines) is 1. The van der Waals surface area contributed by atoms with Crippen LogP contribution in [0.15, 0.2) is 54.4 Å². The monoisotopic (exact) mass is 408 g/mol. The van der Waals surface area contributed by atoms with Crippen molar-refractivity contribution in [3.8, 4) is 10.4 Å². The molecule has 1 saturated heterocycles. The SMILES string of the molecule is C=CCNC(=O)C1(Cc2ccccc2-c2cccs2)CCCN(C(=O)C2CC2)C1. The van der Waals surface area contributed by atoms with Gasteiger partial charge in [0.05, 0.1) is 5.41 Å². The van der Waals surface area contributed by atoms with Gasteiger partial charge in [-0.1, -0.05) is 36.4 Å². The molecule has 1 aromatic heterocycles. The molecular weight excluding hydrogens is 380 g/mol. The number of nitrogens with zero attached hydrogens (tertiary/aromatic N) is 1. The molecule has 1 N–H and O–H groups in total. The van der Waals surface area contributed by atoms with Crippen molar-refractivity contribution in [2.45, 2.75) is 32.1 Å². The largest absolute Gasteiger partial charge is 0.352 e. The van der Waals surface area contributed by atoms with E-state index in [4.69, 9.17) is 0 Å². The molecule has 0 radical (unpaired) electrons. The van der Waals surface area contributed by atoms with E-state index in [-0.39, 0.29) is 17.7 Å². The van der Waals surface area contributed by atoms with Crippen molar-refractivity contribution < 1.29 is 9.59 Å². The van der Waals surface area contributed by atoms with E-state index in [1.54, 1.807) is 17.4 Å². The van der Waals surface area contributed by atoms with Crippen LogP contribution in [0.3, 0.4) is 0 Å². The maximum absolute atomic E-state index is 13.3. The lowest BCUT2D eigenvalue weighted by molar-refractivity contribution is -0.142. The van der Waals surface area contributed by atoms with Crippen molar-refractivity contribution in [3.63, 3.8) is 0 Å². The van der Waals surface area contributed by atoms with Gasteiger partial charge in [-0.25, -0.2) is 0 Å². The number of amides is 2.